The van der Waals surface area contributed by atoms with Crippen molar-refractivity contribution < 1.29 is 23.5 Å². The molecule has 1 atom stereocenters. The second kappa shape index (κ2) is 6.68. The number of hydrogen-bond acceptors (Lipinski definition) is 6. The van der Waals surface area contributed by atoms with Crippen LogP contribution in [0.1, 0.15) is 43.6 Å². The largest absolute Gasteiger partial charge is 0.465 e. The van der Waals surface area contributed by atoms with Crippen molar-refractivity contribution in [3.63, 3.8) is 0 Å². The van der Waals surface area contributed by atoms with E-state index in [-0.39, 0.29) is 17.3 Å². The normalized spacial score (nSPS) is 12.4. The van der Waals surface area contributed by atoms with Crippen LogP contribution in [-0.4, -0.2) is 29.7 Å². The number of esters is 2. The van der Waals surface area contributed by atoms with Gasteiger partial charge in [0.2, 0.25) is 0 Å². The first-order valence-corrected chi connectivity index (χ1v) is 7.32. The van der Waals surface area contributed by atoms with Crippen LogP contribution in [0.25, 0.3) is 11.1 Å². The molecule has 0 spiro atoms. The maximum absolute atomic E-state index is 12.2. The fourth-order valence-electron chi connectivity index (χ4n) is 2.34. The summed E-state index contributed by atoms with van der Waals surface area (Å²) in [5, 5.41) is 0. The predicted octanol–water partition coefficient (Wildman–Crippen LogP) is 2.28. The van der Waals surface area contributed by atoms with Gasteiger partial charge in [0.05, 0.1) is 24.3 Å². The summed E-state index contributed by atoms with van der Waals surface area (Å²) in [4.78, 5) is 35.9. The van der Waals surface area contributed by atoms with Gasteiger partial charge in [-0.2, -0.15) is 0 Å². The van der Waals surface area contributed by atoms with Gasteiger partial charge in [-0.05, 0) is 38.5 Å². The second-order valence-corrected chi connectivity index (χ2v) is 5.32. The Labute approximate surface area is 132 Å². The van der Waals surface area contributed by atoms with E-state index < -0.39 is 23.7 Å². The Balaban J connectivity index is 2.52. The van der Waals surface area contributed by atoms with E-state index in [1.165, 1.54) is 23.8 Å². The van der Waals surface area contributed by atoms with Crippen molar-refractivity contribution in [1.82, 2.24) is 4.57 Å². The van der Waals surface area contributed by atoms with E-state index in [9.17, 15) is 14.4 Å². The molecule has 0 amide bonds. The summed E-state index contributed by atoms with van der Waals surface area (Å²) in [5.74, 6) is -1.70. The van der Waals surface area contributed by atoms with Gasteiger partial charge in [-0.25, -0.2) is 14.4 Å². The van der Waals surface area contributed by atoms with Crippen molar-refractivity contribution in [3.05, 3.63) is 34.3 Å². The Morgan fingerprint density at radius 2 is 2.00 bits per heavy atom. The number of benzene rings is 1. The van der Waals surface area contributed by atoms with E-state index in [4.69, 9.17) is 9.15 Å². The molecule has 0 saturated carbocycles. The van der Waals surface area contributed by atoms with Gasteiger partial charge in [0.15, 0.2) is 5.58 Å². The molecule has 0 N–H and O–H groups in total. The monoisotopic (exact) mass is 321 g/mol. The van der Waals surface area contributed by atoms with Gasteiger partial charge < -0.3 is 13.9 Å². The Morgan fingerprint density at radius 1 is 1.30 bits per heavy atom. The predicted molar refractivity (Wildman–Crippen MR) is 82.4 cm³/mol. The molecule has 7 nitrogen and oxygen atoms in total. The molecular formula is C16H19NO6. The van der Waals surface area contributed by atoms with E-state index in [1.807, 2.05) is 0 Å². The number of carbonyl (C=O) groups is 2. The molecule has 1 aromatic heterocycles. The van der Waals surface area contributed by atoms with Crippen LogP contribution in [0, 0.1) is 0 Å². The van der Waals surface area contributed by atoms with Crippen molar-refractivity contribution in [3.8, 4) is 0 Å². The van der Waals surface area contributed by atoms with Crippen LogP contribution >= 0.6 is 0 Å². The average Bonchev–Trinajstić information content (AvgIpc) is 2.82. The maximum atomic E-state index is 12.2. The van der Waals surface area contributed by atoms with Crippen LogP contribution in [0.3, 0.4) is 0 Å². The van der Waals surface area contributed by atoms with Crippen molar-refractivity contribution >= 4 is 23.0 Å². The number of fused-ring (bicyclic) bond motifs is 1. The molecule has 124 valence electrons. The lowest BCUT2D eigenvalue weighted by molar-refractivity contribution is -0.151. The van der Waals surface area contributed by atoms with Gasteiger partial charge in [0.25, 0.3) is 0 Å². The molecular weight excluding hydrogens is 302 g/mol. The molecule has 23 heavy (non-hydrogen) atoms. The van der Waals surface area contributed by atoms with Crippen molar-refractivity contribution in [1.29, 1.82) is 0 Å². The van der Waals surface area contributed by atoms with Crippen molar-refractivity contribution in [2.45, 2.75) is 39.3 Å². The lowest BCUT2D eigenvalue weighted by Gasteiger charge is -2.17. The van der Waals surface area contributed by atoms with E-state index in [2.05, 4.69) is 4.74 Å². The van der Waals surface area contributed by atoms with E-state index >= 15 is 0 Å². The number of oxazole rings is 1. The smallest absolute Gasteiger partial charge is 0.420 e. The number of rotatable bonds is 5. The molecule has 0 aliphatic carbocycles. The highest BCUT2D eigenvalue weighted by molar-refractivity contribution is 5.93. The standard InChI is InChI=1S/C16H19NO6/c1-5-11(15(19)22-9(2)3)17-12-7-6-10(14(18)21-4)8-13(12)23-16(17)20/h6-9,11H,5H2,1-4H3. The lowest BCUT2D eigenvalue weighted by Crippen LogP contribution is -2.29. The summed E-state index contributed by atoms with van der Waals surface area (Å²) in [6.07, 6.45) is 0.0927. The summed E-state index contributed by atoms with van der Waals surface area (Å²) in [5.41, 5.74) is 0.905. The topological polar surface area (TPSA) is 87.7 Å². The molecule has 0 fully saturated rings. The Hall–Kier alpha value is -2.57. The zero-order valence-electron chi connectivity index (χ0n) is 13.5. The van der Waals surface area contributed by atoms with E-state index in [0.717, 1.165) is 0 Å². The van der Waals surface area contributed by atoms with Crippen LogP contribution in [0.4, 0.5) is 0 Å². The molecule has 1 heterocycles. The molecule has 0 saturated heterocycles. The van der Waals surface area contributed by atoms with Crippen LogP contribution < -0.4 is 5.76 Å². The molecule has 7 heteroatoms. The summed E-state index contributed by atoms with van der Waals surface area (Å²) < 4.78 is 16.2. The van der Waals surface area contributed by atoms with E-state index in [1.54, 1.807) is 26.8 Å². The SMILES string of the molecule is CCC(C(=O)OC(C)C)n1c(=O)oc2cc(C(=O)OC)ccc21. The van der Waals surface area contributed by atoms with Gasteiger partial charge in [-0.3, -0.25) is 4.57 Å². The quantitative estimate of drug-likeness (QED) is 0.785. The average molecular weight is 321 g/mol. The number of carbonyl (C=O) groups excluding carboxylic acids is 2. The number of methoxy groups -OCH3 is 1. The summed E-state index contributed by atoms with van der Waals surface area (Å²) in [6.45, 7) is 5.26. The fraction of sp³-hybridized carbons (Fsp3) is 0.438. The van der Waals surface area contributed by atoms with Gasteiger partial charge in [0, 0.05) is 0 Å². The highest BCUT2D eigenvalue weighted by atomic mass is 16.5. The fourth-order valence-corrected chi connectivity index (χ4v) is 2.34. The number of aromatic nitrogens is 1. The molecule has 2 rings (SSSR count). The van der Waals surface area contributed by atoms with Crippen molar-refractivity contribution in [2.24, 2.45) is 0 Å². The molecule has 0 bridgehead atoms. The van der Waals surface area contributed by atoms with Gasteiger partial charge >= 0.3 is 17.7 Å². The minimum absolute atomic E-state index is 0.216. The van der Waals surface area contributed by atoms with Crippen LogP contribution in [0.2, 0.25) is 0 Å². The molecule has 0 radical (unpaired) electrons. The molecule has 1 unspecified atom stereocenters. The minimum atomic E-state index is -0.782. The second-order valence-electron chi connectivity index (χ2n) is 5.32. The number of hydrogen-bond donors (Lipinski definition) is 0. The first-order valence-electron chi connectivity index (χ1n) is 7.32. The molecule has 0 aliphatic rings. The summed E-state index contributed by atoms with van der Waals surface area (Å²) in [6, 6.07) is 3.70. The first-order chi connectivity index (χ1) is 10.9. The Morgan fingerprint density at radius 3 is 2.57 bits per heavy atom. The molecule has 1 aromatic carbocycles. The van der Waals surface area contributed by atoms with Gasteiger partial charge in [-0.15, -0.1) is 0 Å². The van der Waals surface area contributed by atoms with E-state index in [0.29, 0.717) is 11.9 Å². The molecule has 0 aliphatic heterocycles. The Kier molecular flexibility index (Phi) is 4.88. The van der Waals surface area contributed by atoms with Gasteiger partial charge in [-0.1, -0.05) is 6.92 Å². The summed E-state index contributed by atoms with van der Waals surface area (Å²) >= 11 is 0. The highest BCUT2D eigenvalue weighted by Crippen LogP contribution is 2.22. The zero-order chi connectivity index (χ0) is 17.1. The maximum Gasteiger partial charge on any atom is 0.420 e. The summed E-state index contributed by atoms with van der Waals surface area (Å²) in [7, 11) is 1.27. The van der Waals surface area contributed by atoms with Crippen molar-refractivity contribution in [2.75, 3.05) is 7.11 Å². The van der Waals surface area contributed by atoms with Crippen LogP contribution in [-0.2, 0) is 14.3 Å². The highest BCUT2D eigenvalue weighted by Gasteiger charge is 2.26. The lowest BCUT2D eigenvalue weighted by atomic mass is 10.2. The number of ether oxygens (including phenoxy) is 2. The minimum Gasteiger partial charge on any atom is -0.465 e. The zero-order valence-corrected chi connectivity index (χ0v) is 13.5. The first kappa shape index (κ1) is 16.8. The van der Waals surface area contributed by atoms with Crippen LogP contribution in [0.5, 0.6) is 0 Å². The van der Waals surface area contributed by atoms with Crippen LogP contribution in [0.15, 0.2) is 27.4 Å². The third-order valence-electron chi connectivity index (χ3n) is 3.36. The third-order valence-corrected chi connectivity index (χ3v) is 3.36. The molecule has 2 aromatic rings. The number of nitrogens with zero attached hydrogens (tertiary/aromatic N) is 1. The third kappa shape index (κ3) is 3.28. The Bertz CT molecular complexity index is 785. The van der Waals surface area contributed by atoms with Gasteiger partial charge in [0.1, 0.15) is 6.04 Å².